The van der Waals surface area contributed by atoms with Gasteiger partial charge in [0.05, 0.1) is 0 Å². The molecule has 7 heteroatoms. The van der Waals surface area contributed by atoms with Crippen molar-refractivity contribution in [3.05, 3.63) is 29.9 Å². The molecule has 1 unspecified atom stereocenters. The summed E-state index contributed by atoms with van der Waals surface area (Å²) in [5, 5.41) is 3.92. The van der Waals surface area contributed by atoms with E-state index < -0.39 is 0 Å². The monoisotopic (exact) mass is 301 g/mol. The quantitative estimate of drug-likeness (QED) is 0.839. The number of rotatable bonds is 2. The van der Waals surface area contributed by atoms with Gasteiger partial charge in [0.15, 0.2) is 17.3 Å². The van der Waals surface area contributed by atoms with E-state index in [-0.39, 0.29) is 11.8 Å². The van der Waals surface area contributed by atoms with Crippen molar-refractivity contribution >= 4 is 11.6 Å². The van der Waals surface area contributed by atoms with Crippen LogP contribution in [0.3, 0.4) is 0 Å². The number of ether oxygens (including phenoxy) is 2. The number of benzene rings is 1. The maximum absolute atomic E-state index is 12.3. The number of hydrogen-bond acceptors (Lipinski definition) is 6. The Morgan fingerprint density at radius 3 is 2.82 bits per heavy atom. The molecule has 0 saturated carbocycles. The molecular weight excluding hydrogens is 286 g/mol. The van der Waals surface area contributed by atoms with Crippen LogP contribution in [0.1, 0.15) is 24.1 Å². The van der Waals surface area contributed by atoms with Gasteiger partial charge in [-0.3, -0.25) is 4.79 Å². The molecule has 1 atom stereocenters. The lowest BCUT2D eigenvalue weighted by Crippen LogP contribution is -2.25. The Labute approximate surface area is 126 Å². The van der Waals surface area contributed by atoms with E-state index in [1.54, 1.807) is 11.8 Å². The summed E-state index contributed by atoms with van der Waals surface area (Å²) in [7, 11) is 0. The molecule has 1 aromatic heterocycles. The lowest BCUT2D eigenvalue weighted by molar-refractivity contribution is -0.117. The minimum atomic E-state index is -0.0434. The van der Waals surface area contributed by atoms with Crippen molar-refractivity contribution in [2.45, 2.75) is 19.3 Å². The SMILES string of the molecule is Cc1nc(C2CC(=O)N(c3ccc4c(c3)OCCO4)C2)no1. The van der Waals surface area contributed by atoms with Gasteiger partial charge in [-0.25, -0.2) is 0 Å². The number of anilines is 1. The Balaban J connectivity index is 1.59. The minimum absolute atomic E-state index is 0.0434. The summed E-state index contributed by atoms with van der Waals surface area (Å²) >= 11 is 0. The summed E-state index contributed by atoms with van der Waals surface area (Å²) < 4.78 is 16.1. The van der Waals surface area contributed by atoms with Gasteiger partial charge in [0.1, 0.15) is 13.2 Å². The summed E-state index contributed by atoms with van der Waals surface area (Å²) in [4.78, 5) is 18.3. The van der Waals surface area contributed by atoms with Gasteiger partial charge >= 0.3 is 0 Å². The molecule has 1 amide bonds. The van der Waals surface area contributed by atoms with E-state index in [1.807, 2.05) is 18.2 Å². The van der Waals surface area contributed by atoms with Gasteiger partial charge in [0, 0.05) is 37.6 Å². The maximum atomic E-state index is 12.3. The predicted molar refractivity (Wildman–Crippen MR) is 76.2 cm³/mol. The highest BCUT2D eigenvalue weighted by molar-refractivity contribution is 5.96. The highest BCUT2D eigenvalue weighted by atomic mass is 16.6. The third-order valence-corrected chi connectivity index (χ3v) is 3.87. The van der Waals surface area contributed by atoms with Crippen molar-refractivity contribution in [2.24, 2.45) is 0 Å². The van der Waals surface area contributed by atoms with E-state index in [9.17, 15) is 4.79 Å². The molecule has 2 aliphatic heterocycles. The lowest BCUT2D eigenvalue weighted by Gasteiger charge is -2.22. The number of carbonyl (C=O) groups is 1. The maximum Gasteiger partial charge on any atom is 0.227 e. The van der Waals surface area contributed by atoms with Crippen LogP contribution in [0, 0.1) is 6.92 Å². The molecule has 0 N–H and O–H groups in total. The topological polar surface area (TPSA) is 77.7 Å². The predicted octanol–water partition coefficient (Wildman–Crippen LogP) is 1.67. The second-order valence-corrected chi connectivity index (χ2v) is 5.40. The van der Waals surface area contributed by atoms with E-state index in [1.165, 1.54) is 0 Å². The van der Waals surface area contributed by atoms with Gasteiger partial charge in [-0.2, -0.15) is 4.98 Å². The second kappa shape index (κ2) is 5.01. The van der Waals surface area contributed by atoms with Crippen molar-refractivity contribution in [1.82, 2.24) is 10.1 Å². The number of fused-ring (bicyclic) bond motifs is 1. The van der Waals surface area contributed by atoms with Crippen LogP contribution in [-0.2, 0) is 4.79 Å². The second-order valence-electron chi connectivity index (χ2n) is 5.40. The number of hydrogen-bond donors (Lipinski definition) is 0. The van der Waals surface area contributed by atoms with Gasteiger partial charge in [-0.15, -0.1) is 0 Å². The average Bonchev–Trinajstić information content (AvgIpc) is 3.13. The van der Waals surface area contributed by atoms with Crippen LogP contribution in [0.5, 0.6) is 11.5 Å². The zero-order chi connectivity index (χ0) is 15.1. The number of aryl methyl sites for hydroxylation is 1. The molecular formula is C15H15N3O4. The molecule has 0 spiro atoms. The van der Waals surface area contributed by atoms with Crippen molar-refractivity contribution in [3.63, 3.8) is 0 Å². The first-order valence-electron chi connectivity index (χ1n) is 7.21. The number of aromatic nitrogens is 2. The zero-order valence-electron chi connectivity index (χ0n) is 12.1. The molecule has 2 aliphatic rings. The average molecular weight is 301 g/mol. The standard InChI is InChI=1S/C15H15N3O4/c1-9-16-15(17-22-9)10-6-14(19)18(8-10)11-2-3-12-13(7-11)21-5-4-20-12/h2-3,7,10H,4-6,8H2,1H3. The third kappa shape index (κ3) is 2.18. The Morgan fingerprint density at radius 1 is 1.23 bits per heavy atom. The first-order chi connectivity index (χ1) is 10.7. The van der Waals surface area contributed by atoms with E-state index in [4.69, 9.17) is 14.0 Å². The van der Waals surface area contributed by atoms with Gasteiger partial charge < -0.3 is 18.9 Å². The summed E-state index contributed by atoms with van der Waals surface area (Å²) in [5.74, 6) is 2.50. The van der Waals surface area contributed by atoms with E-state index in [0.717, 1.165) is 5.69 Å². The van der Waals surface area contributed by atoms with E-state index >= 15 is 0 Å². The normalized spacial score (nSPS) is 20.5. The first kappa shape index (κ1) is 13.1. The fraction of sp³-hybridized carbons (Fsp3) is 0.400. The Bertz CT molecular complexity index is 727. The fourth-order valence-electron chi connectivity index (χ4n) is 2.81. The molecule has 4 rings (SSSR count). The lowest BCUT2D eigenvalue weighted by atomic mass is 10.1. The molecule has 1 aromatic carbocycles. The summed E-state index contributed by atoms with van der Waals surface area (Å²) in [6, 6.07) is 5.55. The molecule has 0 bridgehead atoms. The summed E-state index contributed by atoms with van der Waals surface area (Å²) in [5.41, 5.74) is 0.803. The molecule has 2 aromatic rings. The smallest absolute Gasteiger partial charge is 0.227 e. The van der Waals surface area contributed by atoms with Crippen LogP contribution < -0.4 is 14.4 Å². The Hall–Kier alpha value is -2.57. The molecule has 1 saturated heterocycles. The highest BCUT2D eigenvalue weighted by Crippen LogP contribution is 2.37. The Morgan fingerprint density at radius 2 is 2.05 bits per heavy atom. The van der Waals surface area contributed by atoms with Crippen LogP contribution >= 0.6 is 0 Å². The van der Waals surface area contributed by atoms with Crippen LogP contribution in [0.15, 0.2) is 22.7 Å². The Kier molecular flexibility index (Phi) is 2.99. The summed E-state index contributed by atoms with van der Waals surface area (Å²) in [6.45, 7) is 3.35. The largest absolute Gasteiger partial charge is 0.486 e. The van der Waals surface area contributed by atoms with Crippen molar-refractivity contribution < 1.29 is 18.8 Å². The van der Waals surface area contributed by atoms with E-state index in [0.29, 0.717) is 49.4 Å². The van der Waals surface area contributed by atoms with Gasteiger partial charge in [0.2, 0.25) is 11.8 Å². The molecule has 1 fully saturated rings. The van der Waals surface area contributed by atoms with Gasteiger partial charge in [-0.05, 0) is 12.1 Å². The molecule has 114 valence electrons. The summed E-state index contributed by atoms with van der Waals surface area (Å²) in [6.07, 6.45) is 0.382. The van der Waals surface area contributed by atoms with Crippen LogP contribution in [0.4, 0.5) is 5.69 Å². The molecule has 0 radical (unpaired) electrons. The number of carbonyl (C=O) groups excluding carboxylic acids is 1. The van der Waals surface area contributed by atoms with Crippen LogP contribution in [-0.4, -0.2) is 35.8 Å². The molecule has 0 aliphatic carbocycles. The van der Waals surface area contributed by atoms with Crippen LogP contribution in [0.25, 0.3) is 0 Å². The fourth-order valence-corrected chi connectivity index (χ4v) is 2.81. The highest BCUT2D eigenvalue weighted by Gasteiger charge is 2.34. The minimum Gasteiger partial charge on any atom is -0.486 e. The van der Waals surface area contributed by atoms with Gasteiger partial charge in [-0.1, -0.05) is 5.16 Å². The van der Waals surface area contributed by atoms with Crippen molar-refractivity contribution in [1.29, 1.82) is 0 Å². The van der Waals surface area contributed by atoms with E-state index in [2.05, 4.69) is 10.1 Å². The molecule has 22 heavy (non-hydrogen) atoms. The van der Waals surface area contributed by atoms with Crippen LogP contribution in [0.2, 0.25) is 0 Å². The molecule has 3 heterocycles. The first-order valence-corrected chi connectivity index (χ1v) is 7.21. The van der Waals surface area contributed by atoms with Gasteiger partial charge in [0.25, 0.3) is 0 Å². The number of nitrogens with zero attached hydrogens (tertiary/aromatic N) is 3. The van der Waals surface area contributed by atoms with Crippen molar-refractivity contribution in [3.8, 4) is 11.5 Å². The van der Waals surface area contributed by atoms with Crippen molar-refractivity contribution in [2.75, 3.05) is 24.7 Å². The zero-order valence-corrected chi connectivity index (χ0v) is 12.1. The number of amides is 1. The molecule has 7 nitrogen and oxygen atoms in total. The third-order valence-electron chi connectivity index (χ3n) is 3.87.